The molecule has 6 nitrogen and oxygen atoms in total. The van der Waals surface area contributed by atoms with Crippen LogP contribution in [0.4, 0.5) is 0 Å². The van der Waals surface area contributed by atoms with E-state index in [-0.39, 0.29) is 24.8 Å². The molecule has 1 aliphatic rings. The first kappa shape index (κ1) is 20.9. The Morgan fingerprint density at radius 1 is 1.33 bits per heavy atom. The van der Waals surface area contributed by atoms with Crippen molar-refractivity contribution in [2.24, 2.45) is 0 Å². The van der Waals surface area contributed by atoms with Crippen molar-refractivity contribution < 1.29 is 12.8 Å². The van der Waals surface area contributed by atoms with Crippen molar-refractivity contribution in [3.8, 4) is 0 Å². The number of furan rings is 1. The Morgan fingerprint density at radius 2 is 2.12 bits per heavy atom. The van der Waals surface area contributed by atoms with Crippen molar-refractivity contribution in [2.75, 3.05) is 12.8 Å². The fraction of sp³-hybridized carbons (Fsp3) is 0.400. The van der Waals surface area contributed by atoms with Crippen molar-refractivity contribution in [1.82, 2.24) is 14.6 Å². The van der Waals surface area contributed by atoms with Crippen LogP contribution in [0.25, 0.3) is 0 Å². The summed E-state index contributed by atoms with van der Waals surface area (Å²) in [5.74, 6) is 0.950. The predicted octanol–water partition coefficient (Wildman–Crippen LogP) is 2.13. The lowest BCUT2D eigenvalue weighted by Crippen LogP contribution is -2.31. The van der Waals surface area contributed by atoms with Gasteiger partial charge >= 0.3 is 0 Å². The maximum Gasteiger partial charge on any atom is 0.209 e. The van der Waals surface area contributed by atoms with Gasteiger partial charge in [-0.15, -0.1) is 24.8 Å². The molecule has 9 heteroatoms. The highest BCUT2D eigenvalue weighted by atomic mass is 35.5. The highest BCUT2D eigenvalue weighted by molar-refractivity contribution is 7.88. The monoisotopic (exact) mass is 393 g/mol. The summed E-state index contributed by atoms with van der Waals surface area (Å²) in [6, 6.07) is 3.87. The third-order valence-electron chi connectivity index (χ3n) is 3.79. The number of pyridine rings is 1. The number of nitrogens with zero attached hydrogens (tertiary/aromatic N) is 2. The molecule has 3 rings (SSSR count). The van der Waals surface area contributed by atoms with Crippen LogP contribution in [0.2, 0.25) is 0 Å². The number of rotatable bonds is 5. The van der Waals surface area contributed by atoms with E-state index < -0.39 is 10.0 Å². The minimum atomic E-state index is -3.19. The number of hydrogen-bond donors (Lipinski definition) is 1. The molecule has 0 fully saturated rings. The molecule has 0 atom stereocenters. The van der Waals surface area contributed by atoms with Gasteiger partial charge in [-0.1, -0.05) is 0 Å². The Kier molecular flexibility index (Phi) is 7.69. The Hall–Kier alpha value is -1.12. The van der Waals surface area contributed by atoms with Gasteiger partial charge in [-0.25, -0.2) is 13.1 Å². The van der Waals surface area contributed by atoms with Crippen LogP contribution in [0.5, 0.6) is 0 Å². The van der Waals surface area contributed by atoms with Crippen molar-refractivity contribution in [3.05, 3.63) is 53.2 Å². The van der Waals surface area contributed by atoms with Crippen LogP contribution in [0.1, 0.15) is 22.5 Å². The third kappa shape index (κ3) is 5.46. The summed E-state index contributed by atoms with van der Waals surface area (Å²) in [5, 5.41) is 0. The highest BCUT2D eigenvalue weighted by Crippen LogP contribution is 2.23. The summed E-state index contributed by atoms with van der Waals surface area (Å²) in [5.41, 5.74) is 3.33. The van der Waals surface area contributed by atoms with Crippen molar-refractivity contribution >= 4 is 34.8 Å². The van der Waals surface area contributed by atoms with E-state index in [0.717, 1.165) is 42.9 Å². The predicted molar refractivity (Wildman–Crippen MR) is 96.9 cm³/mol. The Balaban J connectivity index is 0.00000144. The molecular weight excluding hydrogens is 373 g/mol. The molecule has 0 unspecified atom stereocenters. The molecule has 3 heterocycles. The van der Waals surface area contributed by atoms with Crippen LogP contribution in [-0.2, 0) is 36.1 Å². The topological polar surface area (TPSA) is 75.4 Å². The second-order valence-corrected chi connectivity index (χ2v) is 7.40. The van der Waals surface area contributed by atoms with Gasteiger partial charge in [-0.05, 0) is 35.2 Å². The smallest absolute Gasteiger partial charge is 0.209 e. The minimum Gasteiger partial charge on any atom is -0.468 e. The summed E-state index contributed by atoms with van der Waals surface area (Å²) in [6.07, 6.45) is 7.36. The van der Waals surface area contributed by atoms with Gasteiger partial charge < -0.3 is 4.42 Å². The highest BCUT2D eigenvalue weighted by Gasteiger charge is 2.20. The molecule has 0 aromatic carbocycles. The zero-order chi connectivity index (χ0) is 15.6. The van der Waals surface area contributed by atoms with E-state index >= 15 is 0 Å². The van der Waals surface area contributed by atoms with Gasteiger partial charge in [0.05, 0.1) is 19.1 Å². The summed E-state index contributed by atoms with van der Waals surface area (Å²) in [4.78, 5) is 6.55. The van der Waals surface area contributed by atoms with E-state index in [1.165, 1.54) is 11.8 Å². The first-order valence-electron chi connectivity index (χ1n) is 7.15. The van der Waals surface area contributed by atoms with Gasteiger partial charge in [0.1, 0.15) is 5.76 Å². The maximum atomic E-state index is 11.3. The van der Waals surface area contributed by atoms with E-state index in [4.69, 9.17) is 4.42 Å². The molecular formula is C15H21Cl2N3O3S. The Morgan fingerprint density at radius 3 is 2.79 bits per heavy atom. The van der Waals surface area contributed by atoms with Crippen LogP contribution >= 0.6 is 24.8 Å². The summed E-state index contributed by atoms with van der Waals surface area (Å²) in [6.45, 7) is 2.80. The molecule has 0 saturated heterocycles. The van der Waals surface area contributed by atoms with Crippen molar-refractivity contribution in [3.63, 3.8) is 0 Å². The number of nitrogens with one attached hydrogen (secondary N) is 1. The van der Waals surface area contributed by atoms with E-state index in [1.807, 2.05) is 18.3 Å². The fourth-order valence-electron chi connectivity index (χ4n) is 2.75. The summed E-state index contributed by atoms with van der Waals surface area (Å²) < 4.78 is 30.4. The quantitative estimate of drug-likeness (QED) is 0.841. The fourth-order valence-corrected chi connectivity index (χ4v) is 3.16. The molecule has 2 aromatic rings. The molecule has 0 amide bonds. The number of aromatic nitrogens is 1. The lowest BCUT2D eigenvalue weighted by atomic mass is 9.97. The molecule has 1 N–H and O–H groups in total. The number of halogens is 2. The first-order chi connectivity index (χ1) is 10.5. The van der Waals surface area contributed by atoms with Gasteiger partial charge in [0.2, 0.25) is 10.0 Å². The van der Waals surface area contributed by atoms with Crippen LogP contribution in [0.15, 0.2) is 35.2 Å². The molecule has 24 heavy (non-hydrogen) atoms. The number of fused-ring (bicyclic) bond motifs is 1. The van der Waals surface area contributed by atoms with E-state index in [1.54, 1.807) is 12.5 Å². The van der Waals surface area contributed by atoms with Crippen LogP contribution < -0.4 is 4.72 Å². The Labute approximate surface area is 154 Å². The number of hydrogen-bond acceptors (Lipinski definition) is 5. The van der Waals surface area contributed by atoms with E-state index in [0.29, 0.717) is 6.54 Å². The van der Waals surface area contributed by atoms with Gasteiger partial charge in [-0.2, -0.15) is 0 Å². The lowest BCUT2D eigenvalue weighted by molar-refractivity contribution is 0.225. The third-order valence-corrected chi connectivity index (χ3v) is 4.46. The van der Waals surface area contributed by atoms with Gasteiger partial charge in [-0.3, -0.25) is 9.88 Å². The molecule has 2 aromatic heterocycles. The molecule has 0 aliphatic carbocycles. The molecule has 0 spiro atoms. The Bertz CT molecular complexity index is 751. The summed E-state index contributed by atoms with van der Waals surface area (Å²) >= 11 is 0. The van der Waals surface area contributed by atoms with E-state index in [2.05, 4.69) is 14.6 Å². The molecule has 1 aliphatic heterocycles. The molecule has 0 radical (unpaired) electrons. The van der Waals surface area contributed by atoms with E-state index in [9.17, 15) is 8.42 Å². The van der Waals surface area contributed by atoms with Crippen molar-refractivity contribution in [2.45, 2.75) is 26.1 Å². The second-order valence-electron chi connectivity index (χ2n) is 5.57. The molecule has 0 bridgehead atoms. The SMILES string of the molecule is CS(=O)(=O)NCc1cncc2c1CCN(Cc1ccco1)C2.Cl.Cl. The maximum absolute atomic E-state index is 11.3. The molecule has 134 valence electrons. The van der Waals surface area contributed by atoms with Gasteiger partial charge in [0.25, 0.3) is 0 Å². The number of sulfonamides is 1. The van der Waals surface area contributed by atoms with Gasteiger partial charge in [0, 0.05) is 32.0 Å². The minimum absolute atomic E-state index is 0. The average molecular weight is 394 g/mol. The van der Waals surface area contributed by atoms with Crippen LogP contribution in [0, 0.1) is 0 Å². The normalized spacial score (nSPS) is 14.4. The second kappa shape index (κ2) is 8.82. The van der Waals surface area contributed by atoms with Crippen LogP contribution in [0.3, 0.4) is 0 Å². The zero-order valence-corrected chi connectivity index (χ0v) is 15.7. The van der Waals surface area contributed by atoms with Gasteiger partial charge in [0.15, 0.2) is 0 Å². The lowest BCUT2D eigenvalue weighted by Gasteiger charge is -2.29. The largest absolute Gasteiger partial charge is 0.468 e. The summed E-state index contributed by atoms with van der Waals surface area (Å²) in [7, 11) is -3.19. The zero-order valence-electron chi connectivity index (χ0n) is 13.3. The average Bonchev–Trinajstić information content (AvgIpc) is 2.97. The first-order valence-corrected chi connectivity index (χ1v) is 9.04. The molecule has 0 saturated carbocycles. The standard InChI is InChI=1S/C15H19N3O3S.2ClH/c1-22(19,20)17-9-12-7-16-8-13-10-18(5-4-15(12)13)11-14-3-2-6-21-14;;/h2-3,6-8,17H,4-5,9-11H2,1H3;2*1H. The van der Waals surface area contributed by atoms with Crippen LogP contribution in [-0.4, -0.2) is 31.1 Å². The van der Waals surface area contributed by atoms with Crippen molar-refractivity contribution in [1.29, 1.82) is 0 Å².